The van der Waals surface area contributed by atoms with Crippen LogP contribution < -0.4 is 0 Å². The Kier molecular flexibility index (Phi) is 18.0. The minimum absolute atomic E-state index is 0.0732. The van der Waals surface area contributed by atoms with Gasteiger partial charge in [-0.25, -0.2) is 0 Å². The first-order valence-electron chi connectivity index (χ1n) is 22.6. The third-order valence-corrected chi connectivity index (χ3v) is 11.7. The molecule has 0 saturated carbocycles. The number of benzene rings is 6. The summed E-state index contributed by atoms with van der Waals surface area (Å²) in [5.74, 6) is 0. The number of aliphatic hydroxyl groups excluding tert-OH is 1. The highest BCUT2D eigenvalue weighted by molar-refractivity contribution is 5.18. The van der Waals surface area contributed by atoms with Crippen molar-refractivity contribution in [3.05, 3.63) is 215 Å². The molecule has 2 heterocycles. The molecule has 11 nitrogen and oxygen atoms in total. The van der Waals surface area contributed by atoms with Gasteiger partial charge in [0.05, 0.1) is 52.9 Å². The lowest BCUT2D eigenvalue weighted by Gasteiger charge is -2.47. The zero-order valence-electron chi connectivity index (χ0n) is 37.3. The van der Waals surface area contributed by atoms with Gasteiger partial charge in [0.2, 0.25) is 0 Å². The summed E-state index contributed by atoms with van der Waals surface area (Å²) in [6.07, 6.45) is -8.50. The summed E-state index contributed by atoms with van der Waals surface area (Å²) in [7, 11) is 1.58. The molecular weight excluding hydrogens is 837 g/mol. The Morgan fingerprint density at radius 2 is 0.667 bits per heavy atom. The van der Waals surface area contributed by atoms with Gasteiger partial charge in [0.15, 0.2) is 12.6 Å². The Balaban J connectivity index is 1.07. The van der Waals surface area contributed by atoms with Crippen LogP contribution in [0.1, 0.15) is 33.4 Å². The SMILES string of the molecule is CO[C@H]1O[C@H](CO[C@@H]2O[C@H](COCc3ccccc3)[C@@H](OCc3ccccc3)[C@@H](OCc3ccccc3)[C@@H]2O)[C@@H](OCc2ccccc2)[C@H](OCc2ccccc2)[C@H]1OCc1ccccc1. The number of methoxy groups -OCH3 is 1. The van der Waals surface area contributed by atoms with E-state index in [0.717, 1.165) is 33.4 Å². The maximum Gasteiger partial charge on any atom is 0.186 e. The van der Waals surface area contributed by atoms with Crippen LogP contribution >= 0.6 is 0 Å². The summed E-state index contributed by atoms with van der Waals surface area (Å²) in [6.45, 7) is 1.74. The zero-order valence-corrected chi connectivity index (χ0v) is 37.3. The molecule has 0 radical (unpaired) electrons. The molecule has 0 aliphatic carbocycles. The van der Waals surface area contributed by atoms with E-state index < -0.39 is 61.4 Å². The van der Waals surface area contributed by atoms with Crippen molar-refractivity contribution in [3.8, 4) is 0 Å². The predicted molar refractivity (Wildman–Crippen MR) is 247 cm³/mol. The van der Waals surface area contributed by atoms with Gasteiger partial charge in [-0.15, -0.1) is 0 Å². The maximum absolute atomic E-state index is 12.3. The number of hydrogen-bond donors (Lipinski definition) is 1. The molecule has 0 aromatic heterocycles. The molecule has 0 bridgehead atoms. The second-order valence-corrected chi connectivity index (χ2v) is 16.5. The van der Waals surface area contributed by atoms with E-state index in [9.17, 15) is 5.11 Å². The summed E-state index contributed by atoms with van der Waals surface area (Å²) in [5, 5.41) is 12.3. The van der Waals surface area contributed by atoms with Gasteiger partial charge >= 0.3 is 0 Å². The molecule has 8 rings (SSSR count). The highest BCUT2D eigenvalue weighted by Crippen LogP contribution is 2.34. The van der Waals surface area contributed by atoms with Crippen molar-refractivity contribution in [2.24, 2.45) is 0 Å². The van der Waals surface area contributed by atoms with Crippen molar-refractivity contribution in [1.82, 2.24) is 0 Å². The van der Waals surface area contributed by atoms with Crippen LogP contribution in [0, 0.1) is 0 Å². The van der Waals surface area contributed by atoms with Crippen molar-refractivity contribution in [1.29, 1.82) is 0 Å². The smallest absolute Gasteiger partial charge is 0.186 e. The van der Waals surface area contributed by atoms with E-state index in [2.05, 4.69) is 0 Å². The van der Waals surface area contributed by atoms with Crippen LogP contribution in [0.3, 0.4) is 0 Å². The van der Waals surface area contributed by atoms with Gasteiger partial charge in [0.25, 0.3) is 0 Å². The first-order chi connectivity index (χ1) is 32.6. The average molecular weight is 897 g/mol. The second-order valence-electron chi connectivity index (χ2n) is 16.5. The largest absolute Gasteiger partial charge is 0.385 e. The second kappa shape index (κ2) is 25.1. The van der Waals surface area contributed by atoms with Crippen LogP contribution in [0.15, 0.2) is 182 Å². The Labute approximate surface area is 388 Å². The molecule has 6 aromatic carbocycles. The van der Waals surface area contributed by atoms with Crippen molar-refractivity contribution in [3.63, 3.8) is 0 Å². The van der Waals surface area contributed by atoms with Gasteiger partial charge < -0.3 is 52.5 Å². The van der Waals surface area contributed by atoms with E-state index in [4.69, 9.17) is 47.4 Å². The fourth-order valence-corrected chi connectivity index (χ4v) is 8.22. The molecule has 6 aromatic rings. The summed E-state index contributed by atoms with van der Waals surface area (Å²) in [5.41, 5.74) is 5.87. The quantitative estimate of drug-likeness (QED) is 0.0668. The molecule has 0 spiro atoms. The van der Waals surface area contributed by atoms with Crippen LogP contribution in [-0.4, -0.2) is 86.8 Å². The lowest BCUT2D eigenvalue weighted by molar-refractivity contribution is -0.346. The summed E-state index contributed by atoms with van der Waals surface area (Å²) in [4.78, 5) is 0. The van der Waals surface area contributed by atoms with Gasteiger partial charge in [-0.05, 0) is 33.4 Å². The van der Waals surface area contributed by atoms with E-state index in [1.807, 2.05) is 182 Å². The molecule has 1 N–H and O–H groups in total. The third-order valence-electron chi connectivity index (χ3n) is 11.7. The highest BCUT2D eigenvalue weighted by atomic mass is 16.7. The minimum atomic E-state index is -1.28. The Bertz CT molecular complexity index is 2220. The Morgan fingerprint density at radius 1 is 0.348 bits per heavy atom. The maximum atomic E-state index is 12.3. The molecule has 66 heavy (non-hydrogen) atoms. The molecule has 2 fully saturated rings. The van der Waals surface area contributed by atoms with Gasteiger partial charge in [-0.2, -0.15) is 0 Å². The van der Waals surface area contributed by atoms with E-state index >= 15 is 0 Å². The summed E-state index contributed by atoms with van der Waals surface area (Å²) >= 11 is 0. The van der Waals surface area contributed by atoms with Gasteiger partial charge in [-0.1, -0.05) is 182 Å². The van der Waals surface area contributed by atoms with Crippen LogP contribution in [0.2, 0.25) is 0 Å². The van der Waals surface area contributed by atoms with E-state index in [1.165, 1.54) is 0 Å². The normalized spacial score (nSPS) is 25.4. The Hall–Kier alpha value is -5.12. The van der Waals surface area contributed by atoms with Crippen molar-refractivity contribution in [2.45, 2.75) is 101 Å². The fourth-order valence-electron chi connectivity index (χ4n) is 8.22. The van der Waals surface area contributed by atoms with Crippen molar-refractivity contribution < 1.29 is 52.5 Å². The van der Waals surface area contributed by atoms with Crippen LogP contribution in [-0.2, 0) is 87.0 Å². The number of hydrogen-bond acceptors (Lipinski definition) is 11. The summed E-state index contributed by atoms with van der Waals surface area (Å²) < 4.78 is 65.9. The van der Waals surface area contributed by atoms with Crippen LogP contribution in [0.5, 0.6) is 0 Å². The Morgan fingerprint density at radius 3 is 1.08 bits per heavy atom. The van der Waals surface area contributed by atoms with Gasteiger partial charge in [0, 0.05) is 7.11 Å². The molecule has 2 aliphatic rings. The molecule has 0 unspecified atom stereocenters. The zero-order chi connectivity index (χ0) is 45.2. The predicted octanol–water partition coefficient (Wildman–Crippen LogP) is 8.60. The van der Waals surface area contributed by atoms with Crippen molar-refractivity contribution in [2.75, 3.05) is 20.3 Å². The molecule has 0 amide bonds. The molecular formula is C55H60O11. The minimum Gasteiger partial charge on any atom is -0.385 e. The summed E-state index contributed by atoms with van der Waals surface area (Å²) in [6, 6.07) is 59.5. The first-order valence-corrected chi connectivity index (χ1v) is 22.6. The van der Waals surface area contributed by atoms with Gasteiger partial charge in [0.1, 0.15) is 48.8 Å². The van der Waals surface area contributed by atoms with Crippen LogP contribution in [0.4, 0.5) is 0 Å². The highest BCUT2D eigenvalue weighted by Gasteiger charge is 2.51. The van der Waals surface area contributed by atoms with E-state index in [-0.39, 0.29) is 39.6 Å². The molecule has 346 valence electrons. The monoisotopic (exact) mass is 896 g/mol. The van der Waals surface area contributed by atoms with Crippen molar-refractivity contribution >= 4 is 0 Å². The lowest BCUT2D eigenvalue weighted by atomic mass is 9.97. The third kappa shape index (κ3) is 13.5. The number of rotatable bonds is 23. The number of aliphatic hydroxyl groups is 1. The lowest BCUT2D eigenvalue weighted by Crippen LogP contribution is -2.63. The first kappa shape index (κ1) is 47.4. The van der Waals surface area contributed by atoms with Gasteiger partial charge in [-0.3, -0.25) is 0 Å². The average Bonchev–Trinajstić information content (AvgIpc) is 3.37. The van der Waals surface area contributed by atoms with E-state index in [1.54, 1.807) is 7.11 Å². The van der Waals surface area contributed by atoms with Crippen LogP contribution in [0.25, 0.3) is 0 Å². The molecule has 2 saturated heterocycles. The molecule has 2 aliphatic heterocycles. The standard InChI is InChI=1S/C55H60O11/c1-57-55-53(63-37-45-30-18-7-19-31-45)52(62-36-44-28-16-6-17-29-44)50(60-34-42-24-12-4-13-25-42)47(66-55)39-64-54-48(56)51(61-35-43-26-14-5-15-27-43)49(59-33-41-22-10-3-11-23-41)46(65-54)38-58-32-40-20-8-2-9-21-40/h2-31,46-56H,32-39H2,1H3/t46-,47-,48+,49-,50-,51+,52+,53-,54-,55+/m1/s1. The molecule has 11 heteroatoms. The van der Waals surface area contributed by atoms with E-state index in [0.29, 0.717) is 13.2 Å². The number of ether oxygens (including phenoxy) is 10. The molecule has 10 atom stereocenters. The fraction of sp³-hybridized carbons (Fsp3) is 0.345. The topological polar surface area (TPSA) is 113 Å².